The van der Waals surface area contributed by atoms with Crippen LogP contribution in [0.25, 0.3) is 10.8 Å². The Bertz CT molecular complexity index is 706. The summed E-state index contributed by atoms with van der Waals surface area (Å²) in [5, 5.41) is 29.4. The fourth-order valence-electron chi connectivity index (χ4n) is 1.69. The highest BCUT2D eigenvalue weighted by Crippen LogP contribution is 2.35. The number of benzene rings is 2. The minimum Gasteiger partial charge on any atom is -0.506 e. The van der Waals surface area contributed by atoms with Crippen molar-refractivity contribution >= 4 is 22.3 Å². The molecule has 0 unspecified atom stereocenters. The number of azo groups is 1. The van der Waals surface area contributed by atoms with Crippen LogP contribution in [-0.2, 0) is 0 Å². The summed E-state index contributed by atoms with van der Waals surface area (Å²) in [6.07, 6.45) is 1.52. The summed E-state index contributed by atoms with van der Waals surface area (Å²) < 4.78 is 0. The number of H-pyrrole nitrogens is 1. The van der Waals surface area contributed by atoms with Gasteiger partial charge >= 0.3 is 0 Å². The molecule has 0 aliphatic rings. The van der Waals surface area contributed by atoms with E-state index in [1.165, 1.54) is 6.20 Å². The molecule has 0 amide bonds. The number of aromatic amines is 1. The molecule has 6 heteroatoms. The first kappa shape index (κ1) is 10.4. The minimum atomic E-state index is 0.0842. The van der Waals surface area contributed by atoms with Crippen molar-refractivity contribution in [3.8, 4) is 5.75 Å². The third-order valence-electron chi connectivity index (χ3n) is 2.54. The first-order chi connectivity index (χ1) is 8.84. The largest absolute Gasteiger partial charge is 0.506 e. The molecule has 0 fully saturated rings. The van der Waals surface area contributed by atoms with E-state index in [9.17, 15) is 5.11 Å². The third kappa shape index (κ3) is 1.80. The Morgan fingerprint density at radius 1 is 1.06 bits per heavy atom. The number of phenols is 1. The fourth-order valence-corrected chi connectivity index (χ4v) is 1.69. The minimum absolute atomic E-state index is 0.0842. The van der Waals surface area contributed by atoms with Gasteiger partial charge in [0.15, 0.2) is 0 Å². The molecule has 3 aromatic rings. The van der Waals surface area contributed by atoms with E-state index in [4.69, 9.17) is 0 Å². The Morgan fingerprint density at radius 2 is 1.94 bits per heavy atom. The molecule has 2 aromatic carbocycles. The summed E-state index contributed by atoms with van der Waals surface area (Å²) in [4.78, 5) is 0. The van der Waals surface area contributed by atoms with Gasteiger partial charge < -0.3 is 5.11 Å². The Balaban J connectivity index is 2.13. The molecule has 0 atom stereocenters. The van der Waals surface area contributed by atoms with Crippen LogP contribution in [0.2, 0.25) is 0 Å². The predicted octanol–water partition coefficient (Wildman–Crippen LogP) is 3.08. The molecule has 3 rings (SSSR count). The van der Waals surface area contributed by atoms with Crippen LogP contribution in [0.4, 0.5) is 11.5 Å². The number of fused-ring (bicyclic) bond motifs is 1. The van der Waals surface area contributed by atoms with E-state index in [1.54, 1.807) is 6.07 Å². The van der Waals surface area contributed by atoms with E-state index < -0.39 is 0 Å². The van der Waals surface area contributed by atoms with Crippen LogP contribution in [-0.4, -0.2) is 20.5 Å². The molecule has 0 radical (unpaired) electrons. The molecule has 0 saturated heterocycles. The van der Waals surface area contributed by atoms with Crippen LogP contribution in [0.3, 0.4) is 0 Å². The molecule has 1 heterocycles. The fraction of sp³-hybridized carbons (Fsp3) is 0. The van der Waals surface area contributed by atoms with Crippen LogP contribution in [0, 0.1) is 0 Å². The molecular weight excluding hydrogens is 230 g/mol. The Hall–Kier alpha value is -2.76. The van der Waals surface area contributed by atoms with Crippen LogP contribution in [0.15, 0.2) is 52.8 Å². The molecule has 0 aliphatic carbocycles. The second kappa shape index (κ2) is 4.25. The third-order valence-corrected chi connectivity index (χ3v) is 2.54. The monoisotopic (exact) mass is 239 g/mol. The standard InChI is InChI=1S/C12H9N5O/c18-10-6-5-8-3-1-2-4-9(8)12(10)16-14-11-7-13-17-15-11/h1-7,18H,(H,13,15,17). The van der Waals surface area contributed by atoms with E-state index in [-0.39, 0.29) is 5.75 Å². The second-order valence-corrected chi connectivity index (χ2v) is 3.69. The van der Waals surface area contributed by atoms with Crippen molar-refractivity contribution in [2.45, 2.75) is 0 Å². The van der Waals surface area contributed by atoms with Gasteiger partial charge in [-0.2, -0.15) is 0 Å². The van der Waals surface area contributed by atoms with Gasteiger partial charge in [0.25, 0.3) is 0 Å². The summed E-state index contributed by atoms with van der Waals surface area (Å²) in [5.41, 5.74) is 0.427. The van der Waals surface area contributed by atoms with Gasteiger partial charge in [-0.3, -0.25) is 5.10 Å². The maximum atomic E-state index is 9.84. The normalized spacial score (nSPS) is 11.3. The van der Waals surface area contributed by atoms with Crippen molar-refractivity contribution in [3.05, 3.63) is 42.6 Å². The zero-order valence-electron chi connectivity index (χ0n) is 9.28. The van der Waals surface area contributed by atoms with E-state index in [2.05, 4.69) is 25.6 Å². The number of hydrogen-bond donors (Lipinski definition) is 2. The lowest BCUT2D eigenvalue weighted by atomic mass is 10.1. The zero-order chi connectivity index (χ0) is 12.4. The molecule has 1 aromatic heterocycles. The summed E-state index contributed by atoms with van der Waals surface area (Å²) in [6, 6.07) is 11.1. The van der Waals surface area contributed by atoms with Gasteiger partial charge in [0.1, 0.15) is 11.4 Å². The Morgan fingerprint density at radius 3 is 2.78 bits per heavy atom. The maximum absolute atomic E-state index is 9.84. The number of rotatable bonds is 2. The second-order valence-electron chi connectivity index (χ2n) is 3.69. The molecule has 18 heavy (non-hydrogen) atoms. The summed E-state index contributed by atoms with van der Waals surface area (Å²) in [6.45, 7) is 0. The predicted molar refractivity (Wildman–Crippen MR) is 66.2 cm³/mol. The van der Waals surface area contributed by atoms with Crippen molar-refractivity contribution in [3.63, 3.8) is 0 Å². The maximum Gasteiger partial charge on any atom is 0.215 e. The summed E-state index contributed by atoms with van der Waals surface area (Å²) >= 11 is 0. The average Bonchev–Trinajstić information content (AvgIpc) is 2.91. The van der Waals surface area contributed by atoms with Crippen molar-refractivity contribution in [2.75, 3.05) is 0 Å². The quantitative estimate of drug-likeness (QED) is 0.673. The van der Waals surface area contributed by atoms with Gasteiger partial charge in [0.05, 0.1) is 6.20 Å². The van der Waals surface area contributed by atoms with Crippen LogP contribution in [0.1, 0.15) is 0 Å². The van der Waals surface area contributed by atoms with Gasteiger partial charge in [-0.05, 0) is 11.5 Å². The van der Waals surface area contributed by atoms with E-state index in [0.29, 0.717) is 11.5 Å². The van der Waals surface area contributed by atoms with E-state index >= 15 is 0 Å². The van der Waals surface area contributed by atoms with Gasteiger partial charge in [-0.15, -0.1) is 15.3 Å². The van der Waals surface area contributed by atoms with Crippen molar-refractivity contribution in [1.82, 2.24) is 15.4 Å². The van der Waals surface area contributed by atoms with Crippen molar-refractivity contribution in [1.29, 1.82) is 0 Å². The van der Waals surface area contributed by atoms with Crippen LogP contribution >= 0.6 is 0 Å². The molecule has 88 valence electrons. The van der Waals surface area contributed by atoms with E-state index in [1.807, 2.05) is 30.3 Å². The molecule has 6 nitrogen and oxygen atoms in total. The Kier molecular flexibility index (Phi) is 2.45. The number of phenolic OH excluding ortho intramolecular Hbond substituents is 1. The zero-order valence-corrected chi connectivity index (χ0v) is 9.28. The highest BCUT2D eigenvalue weighted by Gasteiger charge is 2.05. The van der Waals surface area contributed by atoms with Gasteiger partial charge in [0, 0.05) is 5.39 Å². The highest BCUT2D eigenvalue weighted by atomic mass is 16.3. The smallest absolute Gasteiger partial charge is 0.215 e. The lowest BCUT2D eigenvalue weighted by Gasteiger charge is -2.02. The molecule has 2 N–H and O–H groups in total. The first-order valence-corrected chi connectivity index (χ1v) is 5.33. The summed E-state index contributed by atoms with van der Waals surface area (Å²) in [5.74, 6) is 0.447. The summed E-state index contributed by atoms with van der Waals surface area (Å²) in [7, 11) is 0. The molecule has 0 saturated carbocycles. The first-order valence-electron chi connectivity index (χ1n) is 5.33. The Labute approximate surface area is 102 Å². The average molecular weight is 239 g/mol. The molecular formula is C12H9N5O. The SMILES string of the molecule is Oc1ccc2ccccc2c1N=Nc1c[nH]nn1. The molecule has 0 spiro atoms. The molecule has 0 aliphatic heterocycles. The number of aromatic hydroxyl groups is 1. The highest BCUT2D eigenvalue weighted by molar-refractivity contribution is 5.95. The lowest BCUT2D eigenvalue weighted by molar-refractivity contribution is 0.477. The van der Waals surface area contributed by atoms with Crippen molar-refractivity contribution < 1.29 is 5.11 Å². The molecule has 0 bridgehead atoms. The number of nitrogens with one attached hydrogen (secondary N) is 1. The van der Waals surface area contributed by atoms with Crippen LogP contribution < -0.4 is 0 Å². The topological polar surface area (TPSA) is 86.5 Å². The van der Waals surface area contributed by atoms with Gasteiger partial charge in [0.2, 0.25) is 5.82 Å². The van der Waals surface area contributed by atoms with Gasteiger partial charge in [-0.1, -0.05) is 35.5 Å². The number of aromatic nitrogens is 3. The van der Waals surface area contributed by atoms with Crippen LogP contribution in [0.5, 0.6) is 5.75 Å². The number of nitrogens with zero attached hydrogens (tertiary/aromatic N) is 4. The number of hydrogen-bond acceptors (Lipinski definition) is 5. The van der Waals surface area contributed by atoms with E-state index in [0.717, 1.165) is 10.8 Å². The van der Waals surface area contributed by atoms with Gasteiger partial charge in [-0.25, -0.2) is 0 Å². The lowest BCUT2D eigenvalue weighted by Crippen LogP contribution is -1.74. The van der Waals surface area contributed by atoms with Crippen molar-refractivity contribution in [2.24, 2.45) is 10.2 Å².